The van der Waals surface area contributed by atoms with Crippen LogP contribution in [-0.2, 0) is 6.54 Å². The molecule has 0 saturated carbocycles. The second kappa shape index (κ2) is 7.39. The topological polar surface area (TPSA) is 24.9 Å². The maximum absolute atomic E-state index is 4.47. The summed E-state index contributed by atoms with van der Waals surface area (Å²) in [5.41, 5.74) is 2.33. The predicted octanol–water partition coefficient (Wildman–Crippen LogP) is 3.47. The smallest absolute Gasteiger partial charge is 0.0702 e. The first-order valence-electron chi connectivity index (χ1n) is 6.43. The molecule has 0 unspecified atom stereocenters. The lowest BCUT2D eigenvalue weighted by Gasteiger charge is -2.05. The van der Waals surface area contributed by atoms with Gasteiger partial charge in [-0.2, -0.15) is 11.8 Å². The first-order valence-corrected chi connectivity index (χ1v) is 7.83. The van der Waals surface area contributed by atoms with Crippen molar-refractivity contribution in [3.63, 3.8) is 0 Å². The Morgan fingerprint density at radius 2 is 2.11 bits per heavy atom. The molecule has 0 amide bonds. The van der Waals surface area contributed by atoms with E-state index < -0.39 is 0 Å². The molecule has 0 fully saturated rings. The van der Waals surface area contributed by atoms with Crippen LogP contribution in [0.25, 0.3) is 10.9 Å². The zero-order valence-electron chi connectivity index (χ0n) is 10.9. The highest BCUT2D eigenvalue weighted by molar-refractivity contribution is 7.98. The number of nitrogens with one attached hydrogen (secondary N) is 1. The molecular formula is C15H20N2S. The Morgan fingerprint density at radius 1 is 1.22 bits per heavy atom. The molecule has 0 aliphatic carbocycles. The number of fused-ring (bicyclic) bond motifs is 1. The summed E-state index contributed by atoms with van der Waals surface area (Å²) in [4.78, 5) is 4.47. The quantitative estimate of drug-likeness (QED) is 0.772. The molecule has 2 nitrogen and oxygen atoms in total. The van der Waals surface area contributed by atoms with Gasteiger partial charge in [0.15, 0.2) is 0 Å². The van der Waals surface area contributed by atoms with E-state index in [1.807, 2.05) is 24.0 Å². The Balaban J connectivity index is 1.81. The molecule has 0 spiro atoms. The van der Waals surface area contributed by atoms with Gasteiger partial charge in [0.1, 0.15) is 0 Å². The number of rotatable bonds is 7. The highest BCUT2D eigenvalue weighted by Gasteiger charge is 1.97. The number of hydrogen-bond acceptors (Lipinski definition) is 3. The van der Waals surface area contributed by atoms with Crippen LogP contribution in [0.5, 0.6) is 0 Å². The Hall–Kier alpha value is -1.06. The SMILES string of the molecule is CSCCCCNCc1cnc2ccccc2c1. The molecule has 1 aromatic heterocycles. The van der Waals surface area contributed by atoms with Gasteiger partial charge >= 0.3 is 0 Å². The van der Waals surface area contributed by atoms with E-state index in [2.05, 4.69) is 40.8 Å². The van der Waals surface area contributed by atoms with Crippen molar-refractivity contribution in [1.82, 2.24) is 10.3 Å². The third kappa shape index (κ3) is 4.00. The van der Waals surface area contributed by atoms with Crippen LogP contribution in [0.15, 0.2) is 36.5 Å². The molecule has 2 rings (SSSR count). The largest absolute Gasteiger partial charge is 0.313 e. The standard InChI is InChI=1S/C15H20N2S/c1-18-9-5-4-8-16-11-13-10-14-6-2-3-7-15(14)17-12-13/h2-3,6-7,10,12,16H,4-5,8-9,11H2,1H3. The lowest BCUT2D eigenvalue weighted by atomic mass is 10.1. The molecule has 96 valence electrons. The van der Waals surface area contributed by atoms with Crippen LogP contribution in [0, 0.1) is 0 Å². The van der Waals surface area contributed by atoms with E-state index in [1.165, 1.54) is 29.5 Å². The summed E-state index contributed by atoms with van der Waals surface area (Å²) in [7, 11) is 0. The van der Waals surface area contributed by atoms with E-state index in [-0.39, 0.29) is 0 Å². The van der Waals surface area contributed by atoms with Crippen LogP contribution < -0.4 is 5.32 Å². The Labute approximate surface area is 113 Å². The van der Waals surface area contributed by atoms with Crippen molar-refractivity contribution < 1.29 is 0 Å². The average Bonchev–Trinajstić information content (AvgIpc) is 2.42. The van der Waals surface area contributed by atoms with Gasteiger partial charge in [0.05, 0.1) is 5.52 Å². The van der Waals surface area contributed by atoms with Gasteiger partial charge in [-0.25, -0.2) is 0 Å². The molecule has 0 aliphatic rings. The molecular weight excluding hydrogens is 240 g/mol. The Morgan fingerprint density at radius 3 is 3.00 bits per heavy atom. The van der Waals surface area contributed by atoms with E-state index in [4.69, 9.17) is 0 Å². The monoisotopic (exact) mass is 260 g/mol. The summed E-state index contributed by atoms with van der Waals surface area (Å²) in [6.45, 7) is 2.00. The number of benzene rings is 1. The van der Waals surface area contributed by atoms with Gasteiger partial charge in [-0.3, -0.25) is 4.98 Å². The lowest BCUT2D eigenvalue weighted by Crippen LogP contribution is -2.14. The van der Waals surface area contributed by atoms with E-state index in [0.29, 0.717) is 0 Å². The third-order valence-corrected chi connectivity index (χ3v) is 3.63. The van der Waals surface area contributed by atoms with Crippen LogP contribution in [0.3, 0.4) is 0 Å². The van der Waals surface area contributed by atoms with Crippen LogP contribution >= 0.6 is 11.8 Å². The average molecular weight is 260 g/mol. The minimum atomic E-state index is 0.914. The molecule has 18 heavy (non-hydrogen) atoms. The zero-order valence-corrected chi connectivity index (χ0v) is 11.7. The van der Waals surface area contributed by atoms with E-state index >= 15 is 0 Å². The Bertz CT molecular complexity index is 485. The molecule has 3 heteroatoms. The normalized spacial score (nSPS) is 10.9. The first-order chi connectivity index (χ1) is 8.90. The molecule has 0 radical (unpaired) electrons. The van der Waals surface area contributed by atoms with Crippen LogP contribution in [0.1, 0.15) is 18.4 Å². The predicted molar refractivity (Wildman–Crippen MR) is 81.1 cm³/mol. The van der Waals surface area contributed by atoms with Gasteiger partial charge in [-0.1, -0.05) is 18.2 Å². The number of nitrogens with zero attached hydrogens (tertiary/aromatic N) is 1. The van der Waals surface area contributed by atoms with Crippen LogP contribution in [0.4, 0.5) is 0 Å². The Kier molecular flexibility index (Phi) is 5.49. The maximum atomic E-state index is 4.47. The summed E-state index contributed by atoms with van der Waals surface area (Å²) >= 11 is 1.92. The minimum Gasteiger partial charge on any atom is -0.313 e. The molecule has 0 saturated heterocycles. The number of unbranched alkanes of at least 4 members (excludes halogenated alkanes) is 1. The van der Waals surface area contributed by atoms with Crippen molar-refractivity contribution in [3.8, 4) is 0 Å². The summed E-state index contributed by atoms with van der Waals surface area (Å²) in [5.74, 6) is 1.26. The van der Waals surface area contributed by atoms with Crippen molar-refractivity contribution in [2.75, 3.05) is 18.6 Å². The molecule has 1 heterocycles. The number of hydrogen-bond donors (Lipinski definition) is 1. The van der Waals surface area contributed by atoms with Crippen molar-refractivity contribution in [3.05, 3.63) is 42.1 Å². The van der Waals surface area contributed by atoms with Gasteiger partial charge in [0.25, 0.3) is 0 Å². The van der Waals surface area contributed by atoms with E-state index in [0.717, 1.165) is 18.6 Å². The highest BCUT2D eigenvalue weighted by atomic mass is 32.2. The molecule has 0 aliphatic heterocycles. The number of aromatic nitrogens is 1. The second-order valence-electron chi connectivity index (χ2n) is 4.41. The second-order valence-corrected chi connectivity index (χ2v) is 5.40. The van der Waals surface area contributed by atoms with Crippen molar-refractivity contribution >= 4 is 22.7 Å². The molecule has 1 N–H and O–H groups in total. The number of para-hydroxylation sites is 1. The maximum Gasteiger partial charge on any atom is 0.0702 e. The number of thioether (sulfide) groups is 1. The highest BCUT2D eigenvalue weighted by Crippen LogP contribution is 2.12. The third-order valence-electron chi connectivity index (χ3n) is 2.93. The minimum absolute atomic E-state index is 0.914. The van der Waals surface area contributed by atoms with Gasteiger partial charge in [0.2, 0.25) is 0 Å². The fraction of sp³-hybridized carbons (Fsp3) is 0.400. The summed E-state index contributed by atoms with van der Waals surface area (Å²) < 4.78 is 0. The molecule has 2 aromatic rings. The zero-order chi connectivity index (χ0) is 12.6. The fourth-order valence-electron chi connectivity index (χ4n) is 1.94. The molecule has 0 atom stereocenters. The van der Waals surface area contributed by atoms with Crippen LogP contribution in [0.2, 0.25) is 0 Å². The summed E-state index contributed by atoms with van der Waals surface area (Å²) in [5, 5.41) is 4.70. The number of pyridine rings is 1. The van der Waals surface area contributed by atoms with Gasteiger partial charge in [-0.15, -0.1) is 0 Å². The lowest BCUT2D eigenvalue weighted by molar-refractivity contribution is 0.643. The van der Waals surface area contributed by atoms with Crippen molar-refractivity contribution in [2.24, 2.45) is 0 Å². The molecule has 0 bridgehead atoms. The summed E-state index contributed by atoms with van der Waals surface area (Å²) in [6.07, 6.45) is 6.68. The van der Waals surface area contributed by atoms with E-state index in [1.54, 1.807) is 0 Å². The van der Waals surface area contributed by atoms with Gasteiger partial charge < -0.3 is 5.32 Å². The first kappa shape index (κ1) is 13.4. The van der Waals surface area contributed by atoms with Gasteiger partial charge in [-0.05, 0) is 49.1 Å². The fourth-order valence-corrected chi connectivity index (χ4v) is 2.44. The van der Waals surface area contributed by atoms with Gasteiger partial charge in [0, 0.05) is 18.1 Å². The van der Waals surface area contributed by atoms with Crippen LogP contribution in [-0.4, -0.2) is 23.5 Å². The van der Waals surface area contributed by atoms with Crippen molar-refractivity contribution in [1.29, 1.82) is 0 Å². The van der Waals surface area contributed by atoms with E-state index in [9.17, 15) is 0 Å². The molecule has 1 aromatic carbocycles. The van der Waals surface area contributed by atoms with Crippen molar-refractivity contribution in [2.45, 2.75) is 19.4 Å². The summed E-state index contributed by atoms with van der Waals surface area (Å²) in [6, 6.07) is 10.5.